The molecule has 3 rings (SSSR count). The van der Waals surface area contributed by atoms with Gasteiger partial charge in [-0.3, -0.25) is 9.10 Å². The summed E-state index contributed by atoms with van der Waals surface area (Å²) in [4.78, 5) is 12.8. The van der Waals surface area contributed by atoms with Gasteiger partial charge in [-0.1, -0.05) is 29.8 Å². The second-order valence-electron chi connectivity index (χ2n) is 7.02. The van der Waals surface area contributed by atoms with Crippen molar-refractivity contribution in [2.45, 2.75) is 18.4 Å². The molecular formula is C24H25ClN2O5S. The van der Waals surface area contributed by atoms with Crippen LogP contribution in [-0.4, -0.2) is 34.6 Å². The number of halogens is 1. The third-order valence-electron chi connectivity index (χ3n) is 4.75. The van der Waals surface area contributed by atoms with E-state index in [2.05, 4.69) is 5.32 Å². The summed E-state index contributed by atoms with van der Waals surface area (Å²) in [6.07, 6.45) is 0. The Morgan fingerprint density at radius 2 is 1.67 bits per heavy atom. The number of rotatable bonds is 10. The number of carbonyl (C=O) groups excluding carboxylic acids is 1. The molecule has 0 aromatic heterocycles. The van der Waals surface area contributed by atoms with Crippen molar-refractivity contribution in [2.75, 3.05) is 24.6 Å². The molecule has 1 amide bonds. The number of ether oxygens (including phenoxy) is 2. The van der Waals surface area contributed by atoms with Crippen LogP contribution >= 0.6 is 11.6 Å². The van der Waals surface area contributed by atoms with E-state index >= 15 is 0 Å². The summed E-state index contributed by atoms with van der Waals surface area (Å²) in [6.45, 7) is 2.31. The van der Waals surface area contributed by atoms with Gasteiger partial charge < -0.3 is 14.8 Å². The minimum atomic E-state index is -4.04. The summed E-state index contributed by atoms with van der Waals surface area (Å²) in [5.74, 6) is 0.808. The highest BCUT2D eigenvalue weighted by atomic mass is 35.5. The third kappa shape index (κ3) is 6.40. The number of amides is 1. The molecule has 0 heterocycles. The molecule has 0 unspecified atom stereocenters. The summed E-state index contributed by atoms with van der Waals surface area (Å²) in [5.41, 5.74) is 1.15. The first-order valence-electron chi connectivity index (χ1n) is 10.2. The Kier molecular flexibility index (Phi) is 8.19. The highest BCUT2D eigenvalue weighted by Crippen LogP contribution is 2.27. The number of carbonyl (C=O) groups is 1. The van der Waals surface area contributed by atoms with Crippen LogP contribution in [-0.2, 0) is 21.4 Å². The quantitative estimate of drug-likeness (QED) is 0.461. The molecule has 9 heteroatoms. The normalized spacial score (nSPS) is 11.0. The molecule has 0 radical (unpaired) electrons. The van der Waals surface area contributed by atoms with Crippen molar-refractivity contribution in [3.63, 3.8) is 0 Å². The molecule has 0 saturated carbocycles. The standard InChI is InChI=1S/C24H25ClN2O5S/c1-3-32-22-9-7-18(8-10-22)16-26-24(28)17-27(20-6-4-5-19(25)15-20)33(29,30)23-13-11-21(31-2)12-14-23/h4-15H,3,16-17H2,1-2H3,(H,26,28). The number of sulfonamides is 1. The van der Waals surface area contributed by atoms with Crippen molar-refractivity contribution < 1.29 is 22.7 Å². The molecule has 3 aromatic carbocycles. The zero-order valence-corrected chi connectivity index (χ0v) is 19.9. The van der Waals surface area contributed by atoms with Crippen LogP contribution in [0.1, 0.15) is 12.5 Å². The van der Waals surface area contributed by atoms with Gasteiger partial charge in [-0.25, -0.2) is 8.42 Å². The average Bonchev–Trinajstić information content (AvgIpc) is 2.82. The van der Waals surface area contributed by atoms with E-state index in [-0.39, 0.29) is 17.1 Å². The highest BCUT2D eigenvalue weighted by Gasteiger charge is 2.27. The van der Waals surface area contributed by atoms with Crippen molar-refractivity contribution in [1.29, 1.82) is 0 Å². The molecule has 1 N–H and O–H groups in total. The van der Waals surface area contributed by atoms with Crippen molar-refractivity contribution >= 4 is 33.2 Å². The minimum absolute atomic E-state index is 0.0302. The summed E-state index contributed by atoms with van der Waals surface area (Å²) in [5, 5.41) is 3.13. The number of hydrogen-bond acceptors (Lipinski definition) is 5. The highest BCUT2D eigenvalue weighted by molar-refractivity contribution is 7.92. The van der Waals surface area contributed by atoms with E-state index in [9.17, 15) is 13.2 Å². The van der Waals surface area contributed by atoms with E-state index < -0.39 is 22.5 Å². The molecule has 0 bridgehead atoms. The van der Waals surface area contributed by atoms with Gasteiger partial charge in [0.05, 0.1) is 24.3 Å². The lowest BCUT2D eigenvalue weighted by atomic mass is 10.2. The molecule has 33 heavy (non-hydrogen) atoms. The lowest BCUT2D eigenvalue weighted by molar-refractivity contribution is -0.119. The van der Waals surface area contributed by atoms with Crippen LogP contribution in [0.25, 0.3) is 0 Å². The first kappa shape index (κ1) is 24.4. The molecule has 0 fully saturated rings. The molecule has 0 saturated heterocycles. The Morgan fingerprint density at radius 3 is 2.27 bits per heavy atom. The maximum Gasteiger partial charge on any atom is 0.264 e. The molecular weight excluding hydrogens is 464 g/mol. The van der Waals surface area contributed by atoms with E-state index in [1.165, 1.54) is 25.3 Å². The molecule has 0 spiro atoms. The van der Waals surface area contributed by atoms with Crippen molar-refractivity contribution in [3.8, 4) is 11.5 Å². The number of nitrogens with zero attached hydrogens (tertiary/aromatic N) is 1. The lowest BCUT2D eigenvalue weighted by Crippen LogP contribution is -2.40. The maximum absolute atomic E-state index is 13.4. The van der Waals surface area contributed by atoms with Crippen LogP contribution in [0.4, 0.5) is 5.69 Å². The molecule has 7 nitrogen and oxygen atoms in total. The number of nitrogens with one attached hydrogen (secondary N) is 1. The lowest BCUT2D eigenvalue weighted by Gasteiger charge is -2.24. The summed E-state index contributed by atoms with van der Waals surface area (Å²) < 4.78 is 38.4. The Labute approximate surface area is 198 Å². The van der Waals surface area contributed by atoms with E-state index in [4.69, 9.17) is 21.1 Å². The fourth-order valence-corrected chi connectivity index (χ4v) is 4.68. The van der Waals surface area contributed by atoms with Crippen LogP contribution in [0.5, 0.6) is 11.5 Å². The maximum atomic E-state index is 13.4. The van der Waals surface area contributed by atoms with Crippen LogP contribution < -0.4 is 19.1 Å². The SMILES string of the molecule is CCOc1ccc(CNC(=O)CN(c2cccc(Cl)c2)S(=O)(=O)c2ccc(OC)cc2)cc1. The monoisotopic (exact) mass is 488 g/mol. The Bertz CT molecular complexity index is 1180. The fraction of sp³-hybridized carbons (Fsp3) is 0.208. The van der Waals surface area contributed by atoms with Crippen molar-refractivity contribution in [3.05, 3.63) is 83.4 Å². The largest absolute Gasteiger partial charge is 0.497 e. The van der Waals surface area contributed by atoms with E-state index in [0.717, 1.165) is 15.6 Å². The van der Waals surface area contributed by atoms with Crippen molar-refractivity contribution in [2.24, 2.45) is 0 Å². The van der Waals surface area contributed by atoms with Gasteiger partial charge in [-0.15, -0.1) is 0 Å². The van der Waals surface area contributed by atoms with Gasteiger partial charge in [0.1, 0.15) is 18.0 Å². The molecule has 0 atom stereocenters. The fourth-order valence-electron chi connectivity index (χ4n) is 3.08. The zero-order valence-electron chi connectivity index (χ0n) is 18.3. The van der Waals surface area contributed by atoms with Gasteiger partial charge >= 0.3 is 0 Å². The number of hydrogen-bond donors (Lipinski definition) is 1. The predicted octanol–water partition coefficient (Wildman–Crippen LogP) is 4.26. The van der Waals surface area contributed by atoms with Crippen molar-refractivity contribution in [1.82, 2.24) is 5.32 Å². The zero-order chi connectivity index (χ0) is 23.8. The molecule has 174 valence electrons. The van der Waals surface area contributed by atoms with E-state index in [1.807, 2.05) is 31.2 Å². The van der Waals surface area contributed by atoms with Gasteiger partial charge in [0.25, 0.3) is 10.0 Å². The summed E-state index contributed by atoms with van der Waals surface area (Å²) in [6, 6.07) is 19.6. The smallest absolute Gasteiger partial charge is 0.264 e. The molecule has 3 aromatic rings. The second-order valence-corrected chi connectivity index (χ2v) is 9.32. The first-order chi connectivity index (χ1) is 15.8. The summed E-state index contributed by atoms with van der Waals surface area (Å²) >= 11 is 6.09. The predicted molar refractivity (Wildman–Crippen MR) is 128 cm³/mol. The Balaban J connectivity index is 1.80. The van der Waals surface area contributed by atoms with Gasteiger partial charge in [0, 0.05) is 11.6 Å². The van der Waals surface area contributed by atoms with Crippen LogP contribution in [0.3, 0.4) is 0 Å². The molecule has 0 aliphatic rings. The van der Waals surface area contributed by atoms with Crippen LogP contribution in [0.15, 0.2) is 77.7 Å². The topological polar surface area (TPSA) is 84.9 Å². The van der Waals surface area contributed by atoms with Gasteiger partial charge in [-0.2, -0.15) is 0 Å². The van der Waals surface area contributed by atoms with E-state index in [0.29, 0.717) is 17.4 Å². The van der Waals surface area contributed by atoms with Gasteiger partial charge in [0.15, 0.2) is 0 Å². The molecule has 0 aliphatic carbocycles. The Hall–Kier alpha value is -3.23. The minimum Gasteiger partial charge on any atom is -0.497 e. The van der Waals surface area contributed by atoms with Gasteiger partial charge in [0.2, 0.25) is 5.91 Å². The van der Waals surface area contributed by atoms with Gasteiger partial charge in [-0.05, 0) is 67.1 Å². The van der Waals surface area contributed by atoms with Crippen LogP contribution in [0.2, 0.25) is 5.02 Å². The summed E-state index contributed by atoms with van der Waals surface area (Å²) in [7, 11) is -2.55. The third-order valence-corrected chi connectivity index (χ3v) is 6.78. The number of benzene rings is 3. The average molecular weight is 489 g/mol. The first-order valence-corrected chi connectivity index (χ1v) is 12.1. The van der Waals surface area contributed by atoms with Crippen LogP contribution in [0, 0.1) is 0 Å². The molecule has 0 aliphatic heterocycles. The second kappa shape index (κ2) is 11.1. The van der Waals surface area contributed by atoms with E-state index in [1.54, 1.807) is 30.3 Å². The number of anilines is 1. The number of methoxy groups -OCH3 is 1. The Morgan fingerprint density at radius 1 is 1.00 bits per heavy atom.